The lowest BCUT2D eigenvalue weighted by Crippen LogP contribution is -2.69. The van der Waals surface area contributed by atoms with E-state index in [-0.39, 0.29) is 18.4 Å². The van der Waals surface area contributed by atoms with Crippen LogP contribution in [-0.4, -0.2) is 63.8 Å². The summed E-state index contributed by atoms with van der Waals surface area (Å²) in [5, 5.41) is 21.1. The average Bonchev–Trinajstić information content (AvgIpc) is 3.11. The number of Topliss-reactive ketones (excluding diaryl/α,β-unsaturated/α-hetero) is 1. The Labute approximate surface area is 185 Å². The van der Waals surface area contributed by atoms with Crippen LogP contribution in [0.1, 0.15) is 40.5 Å². The van der Waals surface area contributed by atoms with Gasteiger partial charge in [0.2, 0.25) is 0 Å². The predicted molar refractivity (Wildman–Crippen MR) is 109 cm³/mol. The number of hydrogen-bond donors (Lipinski definition) is 2. The Hall–Kier alpha value is -1.74. The standard InChI is InChI=1S/C24H28F2O6/c1-20(2)31-19-9-13-14-8-16(25)15-7-12(28)5-6-21(15,3)23(14,26)17(29)10-22(13,4)24(19,32-20)18(30)11-27/h5-7,9,14,16-17,19,27,29H,8,10-11H2,1-4H3/t14-,16+,17-,19+,21-,22+,23-,24-/m0/s1. The second-order valence-electron chi connectivity index (χ2n) is 10.6. The summed E-state index contributed by atoms with van der Waals surface area (Å²) in [7, 11) is 0. The molecule has 0 aromatic rings. The van der Waals surface area contributed by atoms with Crippen LogP contribution in [0.5, 0.6) is 0 Å². The van der Waals surface area contributed by atoms with E-state index in [1.807, 2.05) is 0 Å². The van der Waals surface area contributed by atoms with Gasteiger partial charge in [-0.1, -0.05) is 24.6 Å². The van der Waals surface area contributed by atoms with Gasteiger partial charge in [0.05, 0.1) is 6.10 Å². The summed E-state index contributed by atoms with van der Waals surface area (Å²) in [5.41, 5.74) is -6.21. The number of aliphatic hydroxyl groups excluding tert-OH is 2. The molecule has 0 radical (unpaired) electrons. The second kappa shape index (κ2) is 6.23. The van der Waals surface area contributed by atoms with Crippen LogP contribution < -0.4 is 0 Å². The maximum atomic E-state index is 17.1. The fourth-order valence-electron chi connectivity index (χ4n) is 7.20. The van der Waals surface area contributed by atoms with Crippen LogP contribution in [0.4, 0.5) is 8.78 Å². The fourth-order valence-corrected chi connectivity index (χ4v) is 7.20. The molecule has 5 aliphatic rings. The molecule has 1 heterocycles. The third-order valence-electron chi connectivity index (χ3n) is 8.59. The summed E-state index contributed by atoms with van der Waals surface area (Å²) >= 11 is 0. The first kappa shape index (κ1) is 22.1. The molecule has 1 saturated heterocycles. The lowest BCUT2D eigenvalue weighted by atomic mass is 9.45. The molecule has 6 nitrogen and oxygen atoms in total. The Kier molecular flexibility index (Phi) is 4.29. The smallest absolute Gasteiger partial charge is 0.193 e. The molecule has 2 N–H and O–H groups in total. The first-order valence-electron chi connectivity index (χ1n) is 11.0. The molecule has 1 aliphatic heterocycles. The summed E-state index contributed by atoms with van der Waals surface area (Å²) in [5.74, 6) is -3.25. The maximum absolute atomic E-state index is 17.1. The molecular formula is C24H28F2O6. The highest BCUT2D eigenvalue weighted by atomic mass is 19.1. The lowest BCUT2D eigenvalue weighted by molar-refractivity contribution is -0.213. The Bertz CT molecular complexity index is 1020. The molecule has 0 aromatic carbocycles. The molecule has 5 rings (SSSR count). The van der Waals surface area contributed by atoms with Gasteiger partial charge in [-0.25, -0.2) is 8.78 Å². The number of fused-ring (bicyclic) bond motifs is 7. The second-order valence-corrected chi connectivity index (χ2v) is 10.6. The van der Waals surface area contributed by atoms with Crippen molar-refractivity contribution in [1.82, 2.24) is 0 Å². The topological polar surface area (TPSA) is 93.1 Å². The average molecular weight is 450 g/mol. The molecule has 8 atom stereocenters. The van der Waals surface area contributed by atoms with Gasteiger partial charge in [-0.15, -0.1) is 0 Å². The van der Waals surface area contributed by atoms with Crippen LogP contribution in [-0.2, 0) is 19.1 Å². The lowest BCUT2D eigenvalue weighted by Gasteiger charge is -2.61. The number of rotatable bonds is 2. The van der Waals surface area contributed by atoms with E-state index in [1.165, 1.54) is 19.1 Å². The zero-order valence-electron chi connectivity index (χ0n) is 18.5. The van der Waals surface area contributed by atoms with Gasteiger partial charge in [0, 0.05) is 16.7 Å². The molecule has 0 aromatic heterocycles. The summed E-state index contributed by atoms with van der Waals surface area (Å²) in [6, 6.07) is 0. The zero-order chi connectivity index (χ0) is 23.5. The van der Waals surface area contributed by atoms with Crippen LogP contribution in [0, 0.1) is 16.7 Å². The van der Waals surface area contributed by atoms with Gasteiger partial charge < -0.3 is 19.7 Å². The molecule has 3 fully saturated rings. The highest BCUT2D eigenvalue weighted by Gasteiger charge is 2.78. The normalized spacial score (nSPS) is 50.7. The van der Waals surface area contributed by atoms with Gasteiger partial charge in [0.15, 0.2) is 28.6 Å². The van der Waals surface area contributed by atoms with E-state index in [0.717, 1.165) is 6.08 Å². The third-order valence-corrected chi connectivity index (χ3v) is 8.59. The molecule has 0 spiro atoms. The first-order chi connectivity index (χ1) is 14.8. The van der Waals surface area contributed by atoms with Crippen molar-refractivity contribution in [2.24, 2.45) is 16.7 Å². The Morgan fingerprint density at radius 2 is 1.94 bits per heavy atom. The summed E-state index contributed by atoms with van der Waals surface area (Å²) in [6.07, 6.45) is 0.788. The molecule has 2 saturated carbocycles. The number of carbonyl (C=O) groups excluding carboxylic acids is 2. The molecule has 8 heteroatoms. The maximum Gasteiger partial charge on any atom is 0.193 e. The number of carbonyl (C=O) groups is 2. The van der Waals surface area contributed by atoms with Crippen molar-refractivity contribution in [2.45, 2.75) is 76.0 Å². The van der Waals surface area contributed by atoms with Crippen molar-refractivity contribution >= 4 is 11.6 Å². The monoisotopic (exact) mass is 450 g/mol. The van der Waals surface area contributed by atoms with Crippen LogP contribution >= 0.6 is 0 Å². The van der Waals surface area contributed by atoms with E-state index in [2.05, 4.69) is 0 Å². The van der Waals surface area contributed by atoms with Gasteiger partial charge in [0.25, 0.3) is 0 Å². The highest BCUT2D eigenvalue weighted by molar-refractivity contribution is 6.01. The summed E-state index contributed by atoms with van der Waals surface area (Å²) in [4.78, 5) is 25.0. The van der Waals surface area contributed by atoms with Gasteiger partial charge >= 0.3 is 0 Å². The number of allylic oxidation sites excluding steroid dienone is 4. The predicted octanol–water partition coefficient (Wildman–Crippen LogP) is 2.29. The highest BCUT2D eigenvalue weighted by Crippen LogP contribution is 2.70. The minimum atomic E-state index is -2.30. The van der Waals surface area contributed by atoms with E-state index in [1.54, 1.807) is 26.8 Å². The Morgan fingerprint density at radius 3 is 2.59 bits per heavy atom. The number of aliphatic hydroxyl groups is 2. The zero-order valence-corrected chi connectivity index (χ0v) is 18.5. The number of ether oxygens (including phenoxy) is 2. The number of alkyl halides is 2. The van der Waals surface area contributed by atoms with E-state index < -0.39 is 70.4 Å². The minimum absolute atomic E-state index is 0.0278. The molecule has 0 amide bonds. The summed E-state index contributed by atoms with van der Waals surface area (Å²) in [6.45, 7) is 5.69. The molecule has 4 aliphatic carbocycles. The third kappa shape index (κ3) is 2.27. The SMILES string of the molecule is CC1(C)O[C@@H]2C=C3[C@@H]4C[C@@H](F)C5=CC(=O)C=C[C@]5(C)[C@@]4(F)[C@@H](O)C[C@@]3(C)[C@@]2(C(=O)CO)O1. The molecular weight excluding hydrogens is 422 g/mol. The van der Waals surface area contributed by atoms with Crippen molar-refractivity contribution in [3.8, 4) is 0 Å². The van der Waals surface area contributed by atoms with Crippen molar-refractivity contribution in [3.63, 3.8) is 0 Å². The fraction of sp³-hybridized carbons (Fsp3) is 0.667. The van der Waals surface area contributed by atoms with E-state index in [4.69, 9.17) is 9.47 Å². The molecule has 0 unspecified atom stereocenters. The van der Waals surface area contributed by atoms with E-state index >= 15 is 8.78 Å². The first-order valence-corrected chi connectivity index (χ1v) is 11.0. The van der Waals surface area contributed by atoms with Gasteiger partial charge in [-0.2, -0.15) is 0 Å². The van der Waals surface area contributed by atoms with Crippen LogP contribution in [0.25, 0.3) is 0 Å². The van der Waals surface area contributed by atoms with Gasteiger partial charge in [0.1, 0.15) is 18.9 Å². The Morgan fingerprint density at radius 1 is 1.25 bits per heavy atom. The number of ketones is 2. The number of hydrogen-bond acceptors (Lipinski definition) is 6. The van der Waals surface area contributed by atoms with Crippen molar-refractivity contribution in [3.05, 3.63) is 35.5 Å². The number of halogens is 2. The van der Waals surface area contributed by atoms with Crippen molar-refractivity contribution in [2.75, 3.05) is 6.61 Å². The van der Waals surface area contributed by atoms with Crippen molar-refractivity contribution < 1.29 is 38.1 Å². The largest absolute Gasteiger partial charge is 0.390 e. The summed E-state index contributed by atoms with van der Waals surface area (Å²) < 4.78 is 44.6. The van der Waals surface area contributed by atoms with E-state index in [0.29, 0.717) is 5.57 Å². The molecule has 0 bridgehead atoms. The van der Waals surface area contributed by atoms with Crippen molar-refractivity contribution in [1.29, 1.82) is 0 Å². The molecule has 32 heavy (non-hydrogen) atoms. The van der Waals surface area contributed by atoms with Crippen LogP contribution in [0.15, 0.2) is 35.5 Å². The van der Waals surface area contributed by atoms with Gasteiger partial charge in [-0.3, -0.25) is 9.59 Å². The Balaban J connectivity index is 1.70. The van der Waals surface area contributed by atoms with Crippen LogP contribution in [0.2, 0.25) is 0 Å². The quantitative estimate of drug-likeness (QED) is 0.627. The van der Waals surface area contributed by atoms with Gasteiger partial charge in [-0.05, 0) is 51.3 Å². The molecule has 174 valence electrons. The van der Waals surface area contributed by atoms with Crippen LogP contribution in [0.3, 0.4) is 0 Å². The van der Waals surface area contributed by atoms with E-state index in [9.17, 15) is 19.8 Å². The minimum Gasteiger partial charge on any atom is -0.390 e.